The second-order valence-electron chi connectivity index (χ2n) is 4.10. The SMILES string of the molecule is Cc1nnc(SCc2ccc(C(=N)N)cc2F)n1C. The number of nitrogens with two attached hydrogens (primary N) is 1. The number of benzene rings is 1. The Morgan fingerprint density at radius 1 is 1.47 bits per heavy atom. The van der Waals surface area contributed by atoms with Crippen molar-refractivity contribution in [2.75, 3.05) is 0 Å². The number of aryl methyl sites for hydroxylation is 1. The quantitative estimate of drug-likeness (QED) is 0.508. The third kappa shape index (κ3) is 2.93. The monoisotopic (exact) mass is 279 g/mol. The van der Waals surface area contributed by atoms with E-state index in [1.54, 1.807) is 12.1 Å². The van der Waals surface area contributed by atoms with Crippen LogP contribution >= 0.6 is 11.8 Å². The fraction of sp³-hybridized carbons (Fsp3) is 0.250. The van der Waals surface area contributed by atoms with Gasteiger partial charge in [-0.05, 0) is 18.6 Å². The molecule has 2 aromatic rings. The van der Waals surface area contributed by atoms with Gasteiger partial charge in [0.2, 0.25) is 0 Å². The van der Waals surface area contributed by atoms with Gasteiger partial charge in [0.15, 0.2) is 5.16 Å². The van der Waals surface area contributed by atoms with Gasteiger partial charge in [-0.2, -0.15) is 0 Å². The van der Waals surface area contributed by atoms with E-state index in [0.29, 0.717) is 16.9 Å². The number of amidine groups is 1. The van der Waals surface area contributed by atoms with Crippen LogP contribution in [0.25, 0.3) is 0 Å². The number of rotatable bonds is 4. The lowest BCUT2D eigenvalue weighted by atomic mass is 10.1. The number of hydrogen-bond donors (Lipinski definition) is 2. The van der Waals surface area contributed by atoms with Crippen molar-refractivity contribution in [2.45, 2.75) is 17.8 Å². The smallest absolute Gasteiger partial charge is 0.191 e. The van der Waals surface area contributed by atoms with Crippen molar-refractivity contribution in [3.05, 3.63) is 41.0 Å². The molecule has 0 unspecified atom stereocenters. The Morgan fingerprint density at radius 2 is 2.21 bits per heavy atom. The van der Waals surface area contributed by atoms with E-state index in [2.05, 4.69) is 10.2 Å². The summed E-state index contributed by atoms with van der Waals surface area (Å²) in [7, 11) is 1.87. The highest BCUT2D eigenvalue weighted by atomic mass is 32.2. The minimum absolute atomic E-state index is 0.137. The molecule has 0 aliphatic rings. The molecule has 1 heterocycles. The lowest BCUT2D eigenvalue weighted by Gasteiger charge is -2.05. The molecular weight excluding hydrogens is 265 g/mol. The van der Waals surface area contributed by atoms with Crippen LogP contribution in [0, 0.1) is 18.2 Å². The Balaban J connectivity index is 2.12. The van der Waals surface area contributed by atoms with Gasteiger partial charge in [0.25, 0.3) is 0 Å². The first kappa shape index (κ1) is 13.5. The predicted octanol–water partition coefficient (Wildman–Crippen LogP) is 1.84. The molecule has 0 saturated carbocycles. The van der Waals surface area contributed by atoms with Crippen molar-refractivity contribution >= 4 is 17.6 Å². The van der Waals surface area contributed by atoms with E-state index in [1.165, 1.54) is 17.8 Å². The van der Waals surface area contributed by atoms with Crippen molar-refractivity contribution in [2.24, 2.45) is 12.8 Å². The van der Waals surface area contributed by atoms with Crippen LogP contribution in [0.2, 0.25) is 0 Å². The molecule has 1 aromatic heterocycles. The average Bonchev–Trinajstić information content (AvgIpc) is 2.68. The molecule has 19 heavy (non-hydrogen) atoms. The van der Waals surface area contributed by atoms with Crippen LogP contribution in [-0.2, 0) is 12.8 Å². The highest BCUT2D eigenvalue weighted by molar-refractivity contribution is 7.98. The Hall–Kier alpha value is -1.89. The van der Waals surface area contributed by atoms with E-state index < -0.39 is 0 Å². The Labute approximate surface area is 114 Å². The van der Waals surface area contributed by atoms with Crippen LogP contribution in [-0.4, -0.2) is 20.6 Å². The molecule has 0 aliphatic heterocycles. The first-order valence-electron chi connectivity index (χ1n) is 5.60. The molecule has 0 atom stereocenters. The lowest BCUT2D eigenvalue weighted by Crippen LogP contribution is -2.11. The van der Waals surface area contributed by atoms with Gasteiger partial charge >= 0.3 is 0 Å². The molecule has 0 radical (unpaired) electrons. The van der Waals surface area contributed by atoms with Gasteiger partial charge in [-0.1, -0.05) is 23.9 Å². The molecule has 0 aliphatic carbocycles. The van der Waals surface area contributed by atoms with E-state index in [4.69, 9.17) is 11.1 Å². The maximum absolute atomic E-state index is 13.8. The molecule has 1 aromatic carbocycles. The van der Waals surface area contributed by atoms with Crippen molar-refractivity contribution in [1.82, 2.24) is 14.8 Å². The third-order valence-corrected chi connectivity index (χ3v) is 3.84. The van der Waals surface area contributed by atoms with Crippen LogP contribution in [0.3, 0.4) is 0 Å². The summed E-state index contributed by atoms with van der Waals surface area (Å²) in [5, 5.41) is 15.9. The third-order valence-electron chi connectivity index (χ3n) is 2.77. The van der Waals surface area contributed by atoms with E-state index in [9.17, 15) is 4.39 Å². The van der Waals surface area contributed by atoms with E-state index in [0.717, 1.165) is 11.0 Å². The summed E-state index contributed by atoms with van der Waals surface area (Å²) < 4.78 is 15.7. The summed E-state index contributed by atoms with van der Waals surface area (Å²) in [4.78, 5) is 0. The highest BCUT2D eigenvalue weighted by Gasteiger charge is 2.09. The molecule has 5 nitrogen and oxygen atoms in total. The number of aromatic nitrogens is 3. The number of thioether (sulfide) groups is 1. The van der Waals surface area contributed by atoms with Gasteiger partial charge in [-0.25, -0.2) is 4.39 Å². The zero-order valence-corrected chi connectivity index (χ0v) is 11.5. The molecular formula is C12H14FN5S. The van der Waals surface area contributed by atoms with E-state index in [-0.39, 0.29) is 11.7 Å². The molecule has 0 amide bonds. The zero-order valence-electron chi connectivity index (χ0n) is 10.6. The fourth-order valence-electron chi connectivity index (χ4n) is 1.49. The van der Waals surface area contributed by atoms with Crippen LogP contribution in [0.5, 0.6) is 0 Å². The number of hydrogen-bond acceptors (Lipinski definition) is 4. The van der Waals surface area contributed by atoms with Crippen molar-refractivity contribution in [1.29, 1.82) is 5.41 Å². The van der Waals surface area contributed by atoms with Crippen LogP contribution < -0.4 is 5.73 Å². The molecule has 7 heteroatoms. The van der Waals surface area contributed by atoms with Gasteiger partial charge in [-0.15, -0.1) is 10.2 Å². The predicted molar refractivity (Wildman–Crippen MR) is 72.7 cm³/mol. The van der Waals surface area contributed by atoms with Crippen molar-refractivity contribution in [3.63, 3.8) is 0 Å². The fourth-order valence-corrected chi connectivity index (χ4v) is 2.43. The van der Waals surface area contributed by atoms with E-state index in [1.807, 2.05) is 18.5 Å². The summed E-state index contributed by atoms with van der Waals surface area (Å²) in [5.41, 5.74) is 6.25. The summed E-state index contributed by atoms with van der Waals surface area (Å²) in [6.07, 6.45) is 0. The summed E-state index contributed by atoms with van der Waals surface area (Å²) in [5.74, 6) is 0.770. The summed E-state index contributed by atoms with van der Waals surface area (Å²) >= 11 is 1.41. The first-order valence-corrected chi connectivity index (χ1v) is 6.59. The van der Waals surface area contributed by atoms with Gasteiger partial charge in [0.05, 0.1) is 0 Å². The number of nitrogen functional groups attached to an aromatic ring is 1. The molecule has 0 saturated heterocycles. The number of halogens is 1. The molecule has 100 valence electrons. The van der Waals surface area contributed by atoms with Crippen LogP contribution in [0.1, 0.15) is 17.0 Å². The van der Waals surface area contributed by atoms with Crippen molar-refractivity contribution in [3.8, 4) is 0 Å². The second-order valence-corrected chi connectivity index (χ2v) is 5.04. The zero-order chi connectivity index (χ0) is 14.0. The van der Waals surface area contributed by atoms with Gasteiger partial charge in [-0.3, -0.25) is 5.41 Å². The summed E-state index contributed by atoms with van der Waals surface area (Å²) in [6.45, 7) is 1.86. The van der Waals surface area contributed by atoms with Gasteiger partial charge in [0, 0.05) is 18.4 Å². The lowest BCUT2D eigenvalue weighted by molar-refractivity contribution is 0.616. The van der Waals surface area contributed by atoms with Gasteiger partial charge in [0.1, 0.15) is 17.5 Å². The molecule has 2 rings (SSSR count). The summed E-state index contributed by atoms with van der Waals surface area (Å²) in [6, 6.07) is 4.56. The largest absolute Gasteiger partial charge is 0.384 e. The highest BCUT2D eigenvalue weighted by Crippen LogP contribution is 2.23. The normalized spacial score (nSPS) is 10.7. The van der Waals surface area contributed by atoms with Crippen molar-refractivity contribution < 1.29 is 4.39 Å². The molecule has 0 bridgehead atoms. The topological polar surface area (TPSA) is 80.6 Å². The van der Waals surface area contributed by atoms with Crippen LogP contribution in [0.4, 0.5) is 4.39 Å². The van der Waals surface area contributed by atoms with Gasteiger partial charge < -0.3 is 10.3 Å². The Kier molecular flexibility index (Phi) is 3.84. The Morgan fingerprint density at radius 3 is 2.74 bits per heavy atom. The second kappa shape index (κ2) is 5.40. The number of nitrogens with zero attached hydrogens (tertiary/aromatic N) is 3. The molecule has 0 fully saturated rings. The minimum atomic E-state index is -0.362. The molecule has 3 N–H and O–H groups in total. The van der Waals surface area contributed by atoms with Crippen LogP contribution in [0.15, 0.2) is 23.4 Å². The Bertz CT molecular complexity index is 623. The number of nitrogens with one attached hydrogen (secondary N) is 1. The maximum atomic E-state index is 13.8. The molecule has 0 spiro atoms. The standard InChI is InChI=1S/C12H14FN5S/c1-7-16-17-12(18(7)2)19-6-9-4-3-8(11(14)15)5-10(9)13/h3-5H,6H2,1-2H3,(H3,14,15). The average molecular weight is 279 g/mol. The minimum Gasteiger partial charge on any atom is -0.384 e. The first-order chi connectivity index (χ1) is 8.99. The maximum Gasteiger partial charge on any atom is 0.191 e. The van der Waals surface area contributed by atoms with E-state index >= 15 is 0 Å².